The lowest BCUT2D eigenvalue weighted by Gasteiger charge is -2.25. The molecule has 3 rings (SSSR count). The van der Waals surface area contributed by atoms with E-state index in [0.717, 1.165) is 17.5 Å². The molecule has 0 aliphatic heterocycles. The van der Waals surface area contributed by atoms with E-state index >= 15 is 0 Å². The van der Waals surface area contributed by atoms with Crippen LogP contribution in [-0.4, -0.2) is 36.6 Å². The van der Waals surface area contributed by atoms with Crippen molar-refractivity contribution in [3.05, 3.63) is 34.8 Å². The summed E-state index contributed by atoms with van der Waals surface area (Å²) in [5, 5.41) is 10.9. The van der Waals surface area contributed by atoms with E-state index in [1.807, 2.05) is 6.07 Å². The molecule has 0 radical (unpaired) electrons. The Hall–Kier alpha value is -2.00. The minimum Gasteiger partial charge on any atom is -0.353 e. The maximum absolute atomic E-state index is 13.1. The number of rotatable bonds is 5. The summed E-state index contributed by atoms with van der Waals surface area (Å²) >= 11 is 1.19. The molecule has 0 saturated heterocycles. The molecule has 1 amide bonds. The second-order valence-electron chi connectivity index (χ2n) is 6.35. The molecule has 1 N–H and O–H groups in total. The van der Waals surface area contributed by atoms with Gasteiger partial charge in [0.2, 0.25) is 11.0 Å². The van der Waals surface area contributed by atoms with Gasteiger partial charge in [0.05, 0.1) is 4.90 Å². The monoisotopic (exact) mass is 380 g/mol. The van der Waals surface area contributed by atoms with E-state index in [-0.39, 0.29) is 22.9 Å². The van der Waals surface area contributed by atoms with Gasteiger partial charge in [-0.15, -0.1) is 10.2 Å². The van der Waals surface area contributed by atoms with Crippen molar-refractivity contribution < 1.29 is 13.2 Å². The maximum Gasteiger partial charge on any atom is 0.266 e. The number of sulfonamides is 1. The first kappa shape index (κ1) is 17.8. The quantitative estimate of drug-likeness (QED) is 0.853. The van der Waals surface area contributed by atoms with Crippen LogP contribution in [0.3, 0.4) is 0 Å². The van der Waals surface area contributed by atoms with Crippen LogP contribution in [0.1, 0.15) is 31.9 Å². The number of carbonyl (C=O) groups excluding carboxylic acids is 1. The van der Waals surface area contributed by atoms with Crippen molar-refractivity contribution >= 4 is 32.4 Å². The predicted molar refractivity (Wildman–Crippen MR) is 96.2 cm³/mol. The van der Waals surface area contributed by atoms with Gasteiger partial charge in [-0.05, 0) is 49.9 Å². The van der Waals surface area contributed by atoms with Gasteiger partial charge in [-0.1, -0.05) is 17.4 Å². The van der Waals surface area contributed by atoms with Crippen LogP contribution in [0, 0.1) is 0 Å². The summed E-state index contributed by atoms with van der Waals surface area (Å²) in [4.78, 5) is 11.5. The number of nitrogens with one attached hydrogen (secondary N) is 1. The van der Waals surface area contributed by atoms with E-state index in [9.17, 15) is 13.2 Å². The number of amides is 1. The van der Waals surface area contributed by atoms with Crippen LogP contribution in [0.4, 0.5) is 5.13 Å². The van der Waals surface area contributed by atoms with Crippen molar-refractivity contribution in [2.45, 2.75) is 50.6 Å². The number of aromatic nitrogens is 2. The Kier molecular flexibility index (Phi) is 4.79. The minimum atomic E-state index is -3.73. The summed E-state index contributed by atoms with van der Waals surface area (Å²) in [6.45, 7) is 5.10. The number of nitrogens with zero attached hydrogens (tertiary/aromatic N) is 3. The van der Waals surface area contributed by atoms with Gasteiger partial charge in [0.15, 0.2) is 0 Å². The average molecular weight is 380 g/mol. The van der Waals surface area contributed by atoms with Gasteiger partial charge in [-0.25, -0.2) is 12.7 Å². The Morgan fingerprint density at radius 1 is 1.32 bits per heavy atom. The third kappa shape index (κ3) is 3.52. The largest absolute Gasteiger partial charge is 0.353 e. The molecule has 9 heteroatoms. The Morgan fingerprint density at radius 2 is 2.04 bits per heavy atom. The minimum absolute atomic E-state index is 0.0230. The normalized spacial score (nSPS) is 16.7. The third-order valence-corrected chi connectivity index (χ3v) is 6.85. The molecule has 1 aromatic heterocycles. The molecule has 1 atom stereocenters. The summed E-state index contributed by atoms with van der Waals surface area (Å²) in [6, 6.07) is 4.92. The Bertz CT molecular complexity index is 879. The van der Waals surface area contributed by atoms with Crippen molar-refractivity contribution in [1.29, 1.82) is 0 Å². The number of hydrogen-bond donors (Lipinski definition) is 1. The van der Waals surface area contributed by atoms with E-state index in [2.05, 4.69) is 15.5 Å². The molecular weight excluding hydrogens is 360 g/mol. The van der Waals surface area contributed by atoms with Gasteiger partial charge in [-0.3, -0.25) is 4.79 Å². The highest BCUT2D eigenvalue weighted by Gasteiger charge is 2.31. The summed E-state index contributed by atoms with van der Waals surface area (Å²) in [6.07, 6.45) is 1.36. The first-order valence-electron chi connectivity index (χ1n) is 7.98. The van der Waals surface area contributed by atoms with Crippen LogP contribution in [0.2, 0.25) is 0 Å². The molecular formula is C16H20N4O3S2. The van der Waals surface area contributed by atoms with Gasteiger partial charge in [0.1, 0.15) is 5.51 Å². The summed E-state index contributed by atoms with van der Waals surface area (Å²) in [5.41, 5.74) is 3.55. The first-order chi connectivity index (χ1) is 11.8. The average Bonchev–Trinajstić information content (AvgIpc) is 3.13. The summed E-state index contributed by atoms with van der Waals surface area (Å²) in [5.74, 6) is -0.0760. The standard InChI is InChI=1S/C16H20N4O3S2/c1-10(2)20(16-19-17-9-24-16)25(22,23)15-5-4-12-6-14(18-11(3)21)7-13(12)8-15/h4-5,8-10,14H,6-7H2,1-3H3,(H,18,21). The number of benzene rings is 1. The number of carbonyl (C=O) groups is 1. The molecule has 1 aromatic carbocycles. The highest BCUT2D eigenvalue weighted by atomic mass is 32.2. The predicted octanol–water partition coefficient (Wildman–Crippen LogP) is 1.75. The van der Waals surface area contributed by atoms with Crippen LogP contribution >= 0.6 is 11.3 Å². The number of hydrogen-bond acceptors (Lipinski definition) is 6. The second-order valence-corrected chi connectivity index (χ2v) is 8.98. The van der Waals surface area contributed by atoms with Crippen molar-refractivity contribution in [2.24, 2.45) is 0 Å². The number of fused-ring (bicyclic) bond motifs is 1. The zero-order valence-corrected chi connectivity index (χ0v) is 15.9. The Balaban J connectivity index is 1.93. The van der Waals surface area contributed by atoms with Gasteiger partial charge >= 0.3 is 0 Å². The molecule has 1 aliphatic carbocycles. The van der Waals surface area contributed by atoms with Gasteiger partial charge < -0.3 is 5.32 Å². The molecule has 0 fully saturated rings. The summed E-state index contributed by atoms with van der Waals surface area (Å²) < 4.78 is 27.6. The molecule has 1 aliphatic rings. The van der Waals surface area contributed by atoms with Crippen LogP contribution in [0.25, 0.3) is 0 Å². The third-order valence-electron chi connectivity index (χ3n) is 4.08. The molecule has 1 unspecified atom stereocenters. The van der Waals surface area contributed by atoms with E-state index < -0.39 is 10.0 Å². The zero-order valence-electron chi connectivity index (χ0n) is 14.3. The zero-order chi connectivity index (χ0) is 18.2. The molecule has 134 valence electrons. The fraction of sp³-hybridized carbons (Fsp3) is 0.438. The molecule has 0 bridgehead atoms. The van der Waals surface area contributed by atoms with E-state index in [1.54, 1.807) is 26.0 Å². The molecule has 2 aromatic rings. The Morgan fingerprint density at radius 3 is 2.64 bits per heavy atom. The maximum atomic E-state index is 13.1. The lowest BCUT2D eigenvalue weighted by atomic mass is 10.1. The second kappa shape index (κ2) is 6.72. The molecule has 25 heavy (non-hydrogen) atoms. The van der Waals surface area contributed by atoms with Crippen molar-refractivity contribution in [3.8, 4) is 0 Å². The summed E-state index contributed by atoms with van der Waals surface area (Å²) in [7, 11) is -3.73. The molecule has 1 heterocycles. The van der Waals surface area contributed by atoms with E-state index in [4.69, 9.17) is 0 Å². The van der Waals surface area contributed by atoms with Crippen molar-refractivity contribution in [2.75, 3.05) is 4.31 Å². The SMILES string of the molecule is CC(=O)NC1Cc2ccc(S(=O)(=O)N(c3nncs3)C(C)C)cc2C1. The van der Waals surface area contributed by atoms with Crippen LogP contribution in [-0.2, 0) is 27.7 Å². The van der Waals surface area contributed by atoms with Crippen molar-refractivity contribution in [1.82, 2.24) is 15.5 Å². The van der Waals surface area contributed by atoms with Crippen LogP contribution in [0.5, 0.6) is 0 Å². The highest BCUT2D eigenvalue weighted by Crippen LogP contribution is 2.30. The highest BCUT2D eigenvalue weighted by molar-refractivity contribution is 7.93. The fourth-order valence-electron chi connectivity index (χ4n) is 3.12. The van der Waals surface area contributed by atoms with Gasteiger partial charge in [0, 0.05) is 19.0 Å². The van der Waals surface area contributed by atoms with Gasteiger partial charge in [0.25, 0.3) is 10.0 Å². The molecule has 7 nitrogen and oxygen atoms in total. The van der Waals surface area contributed by atoms with Crippen LogP contribution in [0.15, 0.2) is 28.6 Å². The van der Waals surface area contributed by atoms with Gasteiger partial charge in [-0.2, -0.15) is 0 Å². The molecule has 0 saturated carbocycles. The number of anilines is 1. The topological polar surface area (TPSA) is 92.3 Å². The fourth-order valence-corrected chi connectivity index (χ4v) is 5.70. The lowest BCUT2D eigenvalue weighted by Crippen LogP contribution is -2.37. The van der Waals surface area contributed by atoms with Crippen LogP contribution < -0.4 is 9.62 Å². The molecule has 0 spiro atoms. The Labute approximate surface area is 151 Å². The van der Waals surface area contributed by atoms with E-state index in [0.29, 0.717) is 11.6 Å². The van der Waals surface area contributed by atoms with E-state index in [1.165, 1.54) is 28.1 Å². The lowest BCUT2D eigenvalue weighted by molar-refractivity contribution is -0.119. The van der Waals surface area contributed by atoms with Crippen molar-refractivity contribution in [3.63, 3.8) is 0 Å². The smallest absolute Gasteiger partial charge is 0.266 e. The first-order valence-corrected chi connectivity index (χ1v) is 10.3.